The Balaban J connectivity index is 2.33. The van der Waals surface area contributed by atoms with Gasteiger partial charge in [0.15, 0.2) is 6.23 Å². The van der Waals surface area contributed by atoms with Crippen molar-refractivity contribution in [1.29, 1.82) is 0 Å². The first-order valence-electron chi connectivity index (χ1n) is 5.86. The van der Waals surface area contributed by atoms with Gasteiger partial charge in [-0.3, -0.25) is 4.57 Å². The Hall–Kier alpha value is -1.48. The van der Waals surface area contributed by atoms with E-state index in [1.165, 1.54) is 17.9 Å². The van der Waals surface area contributed by atoms with Crippen LogP contribution in [0.15, 0.2) is 17.1 Å². The number of nitrogens with one attached hydrogen (secondary N) is 1. The lowest BCUT2D eigenvalue weighted by atomic mass is 10.1. The molecule has 0 bridgehead atoms. The number of hydrogen-bond donors (Lipinski definition) is 3. The van der Waals surface area contributed by atoms with Gasteiger partial charge in [-0.2, -0.15) is 4.98 Å². The van der Waals surface area contributed by atoms with E-state index >= 15 is 0 Å². The summed E-state index contributed by atoms with van der Waals surface area (Å²) in [6.45, 7) is -0.353. The first-order valence-corrected chi connectivity index (χ1v) is 5.86. The maximum absolute atomic E-state index is 11.9. The van der Waals surface area contributed by atoms with E-state index in [1.807, 2.05) is 0 Å². The highest BCUT2D eigenvalue weighted by atomic mass is 16.6. The molecular weight excluding hydrogens is 254 g/mol. The monoisotopic (exact) mass is 271 g/mol. The first kappa shape index (κ1) is 13.9. The third-order valence-electron chi connectivity index (χ3n) is 3.13. The Bertz CT molecular complexity index is 491. The van der Waals surface area contributed by atoms with Crippen molar-refractivity contribution in [1.82, 2.24) is 9.55 Å². The molecule has 2 rings (SSSR count). The van der Waals surface area contributed by atoms with Crippen LogP contribution in [0.2, 0.25) is 0 Å². The molecule has 1 fully saturated rings. The second-order valence-electron chi connectivity index (χ2n) is 4.19. The van der Waals surface area contributed by atoms with Crippen molar-refractivity contribution >= 4 is 5.82 Å². The van der Waals surface area contributed by atoms with E-state index in [0.29, 0.717) is 5.82 Å². The van der Waals surface area contributed by atoms with Crippen LogP contribution in [0.5, 0.6) is 0 Å². The highest BCUT2D eigenvalue weighted by Crippen LogP contribution is 2.30. The minimum atomic E-state index is -1.00. The van der Waals surface area contributed by atoms with Gasteiger partial charge in [0.05, 0.1) is 6.61 Å². The number of aliphatic hydroxyl groups is 2. The molecule has 1 aliphatic rings. The molecule has 1 aromatic rings. The van der Waals surface area contributed by atoms with E-state index in [9.17, 15) is 9.90 Å². The molecule has 0 radical (unpaired) electrons. The summed E-state index contributed by atoms with van der Waals surface area (Å²) in [5.74, 6) is 0.437. The fourth-order valence-electron chi connectivity index (χ4n) is 2.09. The Morgan fingerprint density at radius 2 is 2.37 bits per heavy atom. The smallest absolute Gasteiger partial charge is 0.351 e. The number of anilines is 1. The van der Waals surface area contributed by atoms with Crippen LogP contribution < -0.4 is 11.0 Å². The molecule has 4 atom stereocenters. The molecule has 1 aromatic heterocycles. The number of methoxy groups -OCH3 is 1. The molecule has 0 aromatic carbocycles. The van der Waals surface area contributed by atoms with Crippen LogP contribution in [-0.2, 0) is 9.47 Å². The molecule has 106 valence electrons. The first-order chi connectivity index (χ1) is 9.12. The van der Waals surface area contributed by atoms with Gasteiger partial charge in [-0.1, -0.05) is 0 Å². The van der Waals surface area contributed by atoms with Crippen LogP contribution in [-0.4, -0.2) is 58.8 Å². The number of nitrogens with zero attached hydrogens (tertiary/aromatic N) is 2. The number of ether oxygens (including phenoxy) is 2. The van der Waals surface area contributed by atoms with Crippen LogP contribution >= 0.6 is 0 Å². The SMILES string of the molecule is CNc1ccn(C2OC(CO)C(O)C2OC)c(=O)n1. The molecule has 4 unspecified atom stereocenters. The summed E-state index contributed by atoms with van der Waals surface area (Å²) in [6.07, 6.45) is -1.84. The average Bonchev–Trinajstić information content (AvgIpc) is 2.74. The van der Waals surface area contributed by atoms with Crippen LogP contribution in [0.1, 0.15) is 6.23 Å². The summed E-state index contributed by atoms with van der Waals surface area (Å²) >= 11 is 0. The fourth-order valence-corrected chi connectivity index (χ4v) is 2.09. The molecule has 19 heavy (non-hydrogen) atoms. The normalized spacial score (nSPS) is 30.5. The molecule has 2 heterocycles. The van der Waals surface area contributed by atoms with E-state index in [-0.39, 0.29) is 6.61 Å². The lowest BCUT2D eigenvalue weighted by molar-refractivity contribution is -0.0624. The van der Waals surface area contributed by atoms with Crippen molar-refractivity contribution in [3.8, 4) is 0 Å². The third kappa shape index (κ3) is 2.47. The third-order valence-corrected chi connectivity index (χ3v) is 3.13. The Kier molecular flexibility index (Phi) is 4.15. The summed E-state index contributed by atoms with van der Waals surface area (Å²) in [4.78, 5) is 15.7. The van der Waals surface area contributed by atoms with Gasteiger partial charge in [0, 0.05) is 20.4 Å². The molecule has 8 nitrogen and oxygen atoms in total. The van der Waals surface area contributed by atoms with Gasteiger partial charge in [-0.15, -0.1) is 0 Å². The van der Waals surface area contributed by atoms with Crippen LogP contribution in [0.25, 0.3) is 0 Å². The maximum Gasteiger partial charge on any atom is 0.351 e. The van der Waals surface area contributed by atoms with Crippen molar-refractivity contribution in [3.05, 3.63) is 22.7 Å². The largest absolute Gasteiger partial charge is 0.394 e. The lowest BCUT2D eigenvalue weighted by Gasteiger charge is -2.20. The van der Waals surface area contributed by atoms with Gasteiger partial charge in [-0.05, 0) is 6.07 Å². The van der Waals surface area contributed by atoms with Crippen LogP contribution in [0, 0.1) is 0 Å². The van der Waals surface area contributed by atoms with Crippen molar-refractivity contribution in [3.63, 3.8) is 0 Å². The zero-order chi connectivity index (χ0) is 14.0. The molecule has 8 heteroatoms. The molecule has 1 aliphatic heterocycles. The van der Waals surface area contributed by atoms with E-state index in [4.69, 9.17) is 14.6 Å². The molecule has 0 amide bonds. The van der Waals surface area contributed by atoms with Gasteiger partial charge in [0.25, 0.3) is 0 Å². The van der Waals surface area contributed by atoms with Crippen molar-refractivity contribution in [2.45, 2.75) is 24.5 Å². The van der Waals surface area contributed by atoms with Crippen molar-refractivity contribution in [2.75, 3.05) is 26.1 Å². The van der Waals surface area contributed by atoms with Gasteiger partial charge >= 0.3 is 5.69 Å². The highest BCUT2D eigenvalue weighted by Gasteiger charge is 2.45. The fraction of sp³-hybridized carbons (Fsp3) is 0.636. The van der Waals surface area contributed by atoms with E-state index in [2.05, 4.69) is 10.3 Å². The average molecular weight is 271 g/mol. The Labute approximate surface area is 109 Å². The minimum Gasteiger partial charge on any atom is -0.394 e. The second-order valence-corrected chi connectivity index (χ2v) is 4.19. The standard InChI is InChI=1S/C11H17N3O5/c1-12-7-3-4-14(11(17)13-7)10-9(18-2)8(16)6(5-15)19-10/h3-4,6,8-10,15-16H,5H2,1-2H3,(H,12,13,17). The number of rotatable bonds is 4. The van der Waals surface area contributed by atoms with Gasteiger partial charge in [-0.25, -0.2) is 4.79 Å². The molecule has 1 saturated heterocycles. The molecule has 3 N–H and O–H groups in total. The predicted molar refractivity (Wildman–Crippen MR) is 65.8 cm³/mol. The molecule has 0 spiro atoms. The summed E-state index contributed by atoms with van der Waals surface area (Å²) < 4.78 is 11.8. The number of aliphatic hydroxyl groups excluding tert-OH is 2. The Morgan fingerprint density at radius 1 is 1.63 bits per heavy atom. The molecule has 0 aliphatic carbocycles. The van der Waals surface area contributed by atoms with E-state index in [0.717, 1.165) is 0 Å². The van der Waals surface area contributed by atoms with Gasteiger partial charge < -0.3 is 25.0 Å². The van der Waals surface area contributed by atoms with E-state index < -0.39 is 30.2 Å². The Morgan fingerprint density at radius 3 is 2.89 bits per heavy atom. The lowest BCUT2D eigenvalue weighted by Crippen LogP contribution is -2.37. The van der Waals surface area contributed by atoms with Crippen LogP contribution in [0.4, 0.5) is 5.82 Å². The number of hydrogen-bond acceptors (Lipinski definition) is 7. The molecule has 0 saturated carbocycles. The van der Waals surface area contributed by atoms with E-state index in [1.54, 1.807) is 13.1 Å². The maximum atomic E-state index is 11.9. The minimum absolute atomic E-state index is 0.353. The summed E-state index contributed by atoms with van der Waals surface area (Å²) in [7, 11) is 3.06. The van der Waals surface area contributed by atoms with Gasteiger partial charge in [0.2, 0.25) is 0 Å². The van der Waals surface area contributed by atoms with Gasteiger partial charge in [0.1, 0.15) is 24.1 Å². The second kappa shape index (κ2) is 5.66. The highest BCUT2D eigenvalue weighted by molar-refractivity contribution is 5.30. The summed E-state index contributed by atoms with van der Waals surface area (Å²) in [6, 6.07) is 1.61. The zero-order valence-corrected chi connectivity index (χ0v) is 10.7. The zero-order valence-electron chi connectivity index (χ0n) is 10.7. The van der Waals surface area contributed by atoms with Crippen molar-refractivity contribution in [2.24, 2.45) is 0 Å². The van der Waals surface area contributed by atoms with Crippen molar-refractivity contribution < 1.29 is 19.7 Å². The van der Waals surface area contributed by atoms with Crippen LogP contribution in [0.3, 0.4) is 0 Å². The molecular formula is C11H17N3O5. The predicted octanol–water partition coefficient (Wildman–Crippen LogP) is -1.45. The number of aromatic nitrogens is 2. The summed E-state index contributed by atoms with van der Waals surface area (Å²) in [5.41, 5.74) is -0.523. The quantitative estimate of drug-likeness (QED) is 0.615. The summed E-state index contributed by atoms with van der Waals surface area (Å²) in [5, 5.41) is 21.8. The topological polar surface area (TPSA) is 106 Å².